The topological polar surface area (TPSA) is 30.3 Å². The minimum Gasteiger partial charge on any atom is -0.417 e. The second kappa shape index (κ2) is 7.97. The zero-order valence-corrected chi connectivity index (χ0v) is 18.5. The molecule has 1 aliphatic rings. The molecule has 132 valence electrons. The van der Waals surface area contributed by atoms with Gasteiger partial charge in [-0.25, -0.2) is 0 Å². The van der Waals surface area contributed by atoms with E-state index in [2.05, 4.69) is 77.3 Å². The maximum Gasteiger partial charge on any atom is 0.191 e. The summed E-state index contributed by atoms with van der Waals surface area (Å²) < 4.78 is 9.66. The maximum absolute atomic E-state index is 6.28. The standard InChI is InChI=1S/C17H32IN3OSi/c1-17(2,3)23(4,5)22-12-6-9-20-10-7-16(8-11-20)21-14-15(18)13-19-21/h13-14,16H,6-12H2,1-5H3. The lowest BCUT2D eigenvalue weighted by Gasteiger charge is -2.36. The molecule has 0 N–H and O–H groups in total. The Kier molecular flexibility index (Phi) is 6.72. The fourth-order valence-corrected chi connectivity index (χ4v) is 4.25. The molecule has 2 rings (SSSR count). The zero-order valence-electron chi connectivity index (χ0n) is 15.3. The van der Waals surface area contributed by atoms with Crippen molar-refractivity contribution in [2.75, 3.05) is 26.2 Å². The number of aromatic nitrogens is 2. The van der Waals surface area contributed by atoms with Crippen molar-refractivity contribution in [3.05, 3.63) is 16.0 Å². The Labute approximate surface area is 156 Å². The van der Waals surface area contributed by atoms with Crippen LogP contribution in [0.1, 0.15) is 46.1 Å². The lowest BCUT2D eigenvalue weighted by molar-refractivity contribution is 0.165. The molecule has 1 aliphatic heterocycles. The summed E-state index contributed by atoms with van der Waals surface area (Å²) in [6.07, 6.45) is 7.68. The van der Waals surface area contributed by atoms with Crippen LogP contribution in [0.3, 0.4) is 0 Å². The van der Waals surface area contributed by atoms with Crippen molar-refractivity contribution in [2.45, 2.75) is 64.2 Å². The first-order valence-corrected chi connectivity index (χ1v) is 12.7. The third kappa shape index (κ3) is 5.54. The first-order chi connectivity index (χ1) is 10.7. The lowest BCUT2D eigenvalue weighted by Crippen LogP contribution is -2.41. The van der Waals surface area contributed by atoms with E-state index in [1.54, 1.807) is 0 Å². The minimum atomic E-state index is -1.58. The molecule has 0 spiro atoms. The van der Waals surface area contributed by atoms with Gasteiger partial charge in [-0.3, -0.25) is 4.68 Å². The molecule has 4 nitrogen and oxygen atoms in total. The number of rotatable bonds is 6. The highest BCUT2D eigenvalue weighted by molar-refractivity contribution is 14.1. The third-order valence-electron chi connectivity index (χ3n) is 5.39. The van der Waals surface area contributed by atoms with Crippen LogP contribution in [0.4, 0.5) is 0 Å². The van der Waals surface area contributed by atoms with Gasteiger partial charge in [-0.2, -0.15) is 5.10 Å². The van der Waals surface area contributed by atoms with Gasteiger partial charge in [-0.15, -0.1) is 0 Å². The van der Waals surface area contributed by atoms with Crippen LogP contribution in [0.25, 0.3) is 0 Å². The smallest absolute Gasteiger partial charge is 0.191 e. The van der Waals surface area contributed by atoms with Gasteiger partial charge in [-0.1, -0.05) is 20.8 Å². The second-order valence-electron chi connectivity index (χ2n) is 8.17. The molecular formula is C17H32IN3OSi. The van der Waals surface area contributed by atoms with Crippen LogP contribution in [-0.4, -0.2) is 49.2 Å². The predicted octanol–water partition coefficient (Wildman–Crippen LogP) is 4.54. The van der Waals surface area contributed by atoms with Crippen LogP contribution < -0.4 is 0 Å². The van der Waals surface area contributed by atoms with Gasteiger partial charge in [0.05, 0.1) is 15.8 Å². The van der Waals surface area contributed by atoms with E-state index in [9.17, 15) is 0 Å². The normalized spacial score (nSPS) is 18.5. The number of hydrogen-bond donors (Lipinski definition) is 0. The summed E-state index contributed by atoms with van der Waals surface area (Å²) >= 11 is 2.33. The molecule has 0 aliphatic carbocycles. The van der Waals surface area contributed by atoms with E-state index in [4.69, 9.17) is 4.43 Å². The Balaban J connectivity index is 1.65. The van der Waals surface area contributed by atoms with E-state index in [1.807, 2.05) is 6.20 Å². The van der Waals surface area contributed by atoms with Gasteiger partial charge in [0, 0.05) is 32.4 Å². The molecule has 0 saturated carbocycles. The molecule has 0 bridgehead atoms. The average Bonchev–Trinajstić information content (AvgIpc) is 2.90. The van der Waals surface area contributed by atoms with E-state index in [1.165, 1.54) is 29.5 Å². The summed E-state index contributed by atoms with van der Waals surface area (Å²) in [7, 11) is -1.58. The molecule has 1 aromatic rings. The van der Waals surface area contributed by atoms with Gasteiger partial charge < -0.3 is 9.33 Å². The molecule has 1 fully saturated rings. The molecule has 23 heavy (non-hydrogen) atoms. The SMILES string of the molecule is CC(C)(C)[Si](C)(C)OCCCN1CCC(n2cc(I)cn2)CC1. The highest BCUT2D eigenvalue weighted by Gasteiger charge is 2.36. The number of halogens is 1. The van der Waals surface area contributed by atoms with Gasteiger partial charge in [0.15, 0.2) is 8.32 Å². The van der Waals surface area contributed by atoms with Crippen molar-refractivity contribution in [1.29, 1.82) is 0 Å². The molecule has 0 aromatic carbocycles. The summed E-state index contributed by atoms with van der Waals surface area (Å²) in [4.78, 5) is 2.58. The highest BCUT2D eigenvalue weighted by Crippen LogP contribution is 2.36. The largest absolute Gasteiger partial charge is 0.417 e. The summed E-state index contributed by atoms with van der Waals surface area (Å²) in [5.74, 6) is 0. The summed E-state index contributed by atoms with van der Waals surface area (Å²) in [5.41, 5.74) is 0. The quantitative estimate of drug-likeness (QED) is 0.363. The fourth-order valence-electron chi connectivity index (χ4n) is 2.75. The number of piperidine rings is 1. The molecule has 1 saturated heterocycles. The van der Waals surface area contributed by atoms with Gasteiger partial charge >= 0.3 is 0 Å². The van der Waals surface area contributed by atoms with Crippen molar-refractivity contribution in [3.8, 4) is 0 Å². The van der Waals surface area contributed by atoms with Crippen LogP contribution >= 0.6 is 22.6 Å². The predicted molar refractivity (Wildman–Crippen MR) is 107 cm³/mol. The Bertz CT molecular complexity index is 490. The van der Waals surface area contributed by atoms with Crippen molar-refractivity contribution < 1.29 is 4.43 Å². The molecule has 2 heterocycles. The molecule has 0 unspecified atom stereocenters. The summed E-state index contributed by atoms with van der Waals surface area (Å²) in [5, 5.41) is 4.78. The number of nitrogens with zero attached hydrogens (tertiary/aromatic N) is 3. The van der Waals surface area contributed by atoms with Crippen LogP contribution in [-0.2, 0) is 4.43 Å². The van der Waals surface area contributed by atoms with Crippen molar-refractivity contribution in [3.63, 3.8) is 0 Å². The first-order valence-electron chi connectivity index (χ1n) is 8.75. The lowest BCUT2D eigenvalue weighted by atomic mass is 10.1. The van der Waals surface area contributed by atoms with Gasteiger partial charge in [0.25, 0.3) is 0 Å². The maximum atomic E-state index is 6.28. The van der Waals surface area contributed by atoms with E-state index in [-0.39, 0.29) is 0 Å². The summed E-state index contributed by atoms with van der Waals surface area (Å²) in [6.45, 7) is 16.0. The van der Waals surface area contributed by atoms with E-state index >= 15 is 0 Å². The average molecular weight is 449 g/mol. The van der Waals surface area contributed by atoms with Crippen LogP contribution in [0.2, 0.25) is 18.1 Å². The molecule has 0 atom stereocenters. The van der Waals surface area contributed by atoms with Crippen LogP contribution in [0, 0.1) is 3.57 Å². The van der Waals surface area contributed by atoms with Crippen LogP contribution in [0.15, 0.2) is 12.4 Å². The van der Waals surface area contributed by atoms with Crippen LogP contribution in [0.5, 0.6) is 0 Å². The van der Waals surface area contributed by atoms with E-state index in [0.717, 1.165) is 19.6 Å². The first kappa shape index (κ1) is 19.4. The zero-order chi connectivity index (χ0) is 17.1. The van der Waals surface area contributed by atoms with Gasteiger partial charge in [-0.05, 0) is 60.0 Å². The fraction of sp³-hybridized carbons (Fsp3) is 0.824. The third-order valence-corrected chi connectivity index (χ3v) is 10.5. The Morgan fingerprint density at radius 1 is 1.30 bits per heavy atom. The van der Waals surface area contributed by atoms with Crippen molar-refractivity contribution in [1.82, 2.24) is 14.7 Å². The Morgan fingerprint density at radius 2 is 1.96 bits per heavy atom. The molecule has 1 aromatic heterocycles. The number of likely N-dealkylation sites (tertiary alicyclic amines) is 1. The molecular weight excluding hydrogens is 417 g/mol. The van der Waals surface area contributed by atoms with Crippen molar-refractivity contribution >= 4 is 30.9 Å². The van der Waals surface area contributed by atoms with Gasteiger partial charge in [0.1, 0.15) is 0 Å². The van der Waals surface area contributed by atoms with E-state index in [0.29, 0.717) is 11.1 Å². The summed E-state index contributed by atoms with van der Waals surface area (Å²) in [6, 6.07) is 0.582. The van der Waals surface area contributed by atoms with E-state index < -0.39 is 8.32 Å². The molecule has 0 amide bonds. The number of hydrogen-bond acceptors (Lipinski definition) is 3. The Morgan fingerprint density at radius 3 is 2.48 bits per heavy atom. The minimum absolute atomic E-state index is 0.312. The second-order valence-corrected chi connectivity index (χ2v) is 14.2. The highest BCUT2D eigenvalue weighted by atomic mass is 127. The molecule has 6 heteroatoms. The molecule has 0 radical (unpaired) electrons. The van der Waals surface area contributed by atoms with Gasteiger partial charge in [0.2, 0.25) is 0 Å². The Hall–Kier alpha value is 0.0769. The van der Waals surface area contributed by atoms with Crippen molar-refractivity contribution in [2.24, 2.45) is 0 Å². The monoisotopic (exact) mass is 449 g/mol.